The van der Waals surface area contributed by atoms with E-state index in [0.717, 1.165) is 32.6 Å². The number of hydrogen-bond acceptors (Lipinski definition) is 3. The molecule has 3 nitrogen and oxygen atoms in total. The molecule has 3 aromatic carbocycles. The fourth-order valence-electron chi connectivity index (χ4n) is 2.51. The first kappa shape index (κ1) is 17.4. The van der Waals surface area contributed by atoms with Crippen molar-refractivity contribution in [2.24, 2.45) is 4.99 Å². The van der Waals surface area contributed by atoms with E-state index in [9.17, 15) is 5.11 Å². The SMILES string of the molecule is COc1ccc(C=Nc2ccc(Br)cc2[C@@H](O)c2ccccc2)cc1. The van der Waals surface area contributed by atoms with Gasteiger partial charge in [0.15, 0.2) is 0 Å². The Morgan fingerprint density at radius 2 is 1.72 bits per heavy atom. The fraction of sp³-hybridized carbons (Fsp3) is 0.0952. The van der Waals surface area contributed by atoms with Gasteiger partial charge in [-0.3, -0.25) is 4.99 Å². The molecule has 0 heterocycles. The van der Waals surface area contributed by atoms with Gasteiger partial charge in [-0.2, -0.15) is 0 Å². The zero-order valence-electron chi connectivity index (χ0n) is 13.8. The lowest BCUT2D eigenvalue weighted by Crippen LogP contribution is -2.00. The maximum absolute atomic E-state index is 10.8. The number of methoxy groups -OCH3 is 1. The molecule has 0 aliphatic rings. The molecule has 4 heteroatoms. The predicted octanol–water partition coefficient (Wildman–Crippen LogP) is 5.29. The maximum atomic E-state index is 10.8. The molecule has 3 aromatic rings. The normalized spacial score (nSPS) is 12.3. The van der Waals surface area contributed by atoms with Crippen LogP contribution in [0.25, 0.3) is 0 Å². The quantitative estimate of drug-likeness (QED) is 0.596. The standard InChI is InChI=1S/C21H18BrNO2/c1-25-18-10-7-15(8-11-18)14-23-20-12-9-17(22)13-19(20)21(24)16-5-3-2-4-6-16/h2-14,21,24H,1H3/t21-/m0/s1. The topological polar surface area (TPSA) is 41.8 Å². The van der Waals surface area contributed by atoms with Crippen LogP contribution in [0.4, 0.5) is 5.69 Å². The summed E-state index contributed by atoms with van der Waals surface area (Å²) in [7, 11) is 1.64. The molecule has 1 atom stereocenters. The lowest BCUT2D eigenvalue weighted by molar-refractivity contribution is 0.221. The number of rotatable bonds is 5. The average Bonchev–Trinajstić information content (AvgIpc) is 2.67. The van der Waals surface area contributed by atoms with E-state index in [0.29, 0.717) is 0 Å². The number of ether oxygens (including phenoxy) is 1. The smallest absolute Gasteiger partial charge is 0.118 e. The van der Waals surface area contributed by atoms with Gasteiger partial charge in [-0.15, -0.1) is 0 Å². The van der Waals surface area contributed by atoms with Crippen molar-refractivity contribution in [1.82, 2.24) is 0 Å². The minimum absolute atomic E-state index is 0.732. The highest BCUT2D eigenvalue weighted by Crippen LogP contribution is 2.32. The second-order valence-electron chi connectivity index (χ2n) is 5.55. The summed E-state index contributed by atoms with van der Waals surface area (Å²) in [5.74, 6) is 0.806. The Balaban J connectivity index is 1.92. The molecule has 0 saturated carbocycles. The van der Waals surface area contributed by atoms with Gasteiger partial charge in [0.25, 0.3) is 0 Å². The lowest BCUT2D eigenvalue weighted by Gasteiger charge is -2.14. The maximum Gasteiger partial charge on any atom is 0.118 e. The molecular weight excluding hydrogens is 378 g/mol. The molecule has 3 rings (SSSR count). The summed E-state index contributed by atoms with van der Waals surface area (Å²) in [5.41, 5.74) is 3.28. The first-order valence-electron chi connectivity index (χ1n) is 7.88. The van der Waals surface area contributed by atoms with Gasteiger partial charge in [0, 0.05) is 16.3 Å². The Morgan fingerprint density at radius 1 is 1.00 bits per heavy atom. The van der Waals surface area contributed by atoms with Crippen molar-refractivity contribution >= 4 is 27.8 Å². The van der Waals surface area contributed by atoms with E-state index < -0.39 is 6.10 Å². The van der Waals surface area contributed by atoms with Crippen molar-refractivity contribution in [3.63, 3.8) is 0 Å². The Kier molecular flexibility index (Phi) is 5.64. The van der Waals surface area contributed by atoms with Crippen LogP contribution in [0, 0.1) is 0 Å². The molecule has 1 N–H and O–H groups in total. The van der Waals surface area contributed by atoms with Gasteiger partial charge in [-0.05, 0) is 53.6 Å². The molecule has 0 spiro atoms. The van der Waals surface area contributed by atoms with Gasteiger partial charge in [-0.1, -0.05) is 46.3 Å². The zero-order valence-corrected chi connectivity index (χ0v) is 15.3. The number of aliphatic hydroxyl groups is 1. The van der Waals surface area contributed by atoms with Crippen LogP contribution in [0.3, 0.4) is 0 Å². The third kappa shape index (κ3) is 4.35. The largest absolute Gasteiger partial charge is 0.497 e. The number of benzene rings is 3. The number of halogens is 1. The van der Waals surface area contributed by atoms with Gasteiger partial charge >= 0.3 is 0 Å². The summed E-state index contributed by atoms with van der Waals surface area (Å²) in [6.45, 7) is 0. The van der Waals surface area contributed by atoms with E-state index >= 15 is 0 Å². The van der Waals surface area contributed by atoms with Crippen LogP contribution in [0.2, 0.25) is 0 Å². The van der Waals surface area contributed by atoms with E-state index in [1.165, 1.54) is 0 Å². The zero-order chi connectivity index (χ0) is 17.6. The fourth-order valence-corrected chi connectivity index (χ4v) is 2.89. The highest BCUT2D eigenvalue weighted by atomic mass is 79.9. The number of nitrogens with zero attached hydrogens (tertiary/aromatic N) is 1. The molecule has 0 bridgehead atoms. The van der Waals surface area contributed by atoms with Crippen LogP contribution in [0.15, 0.2) is 82.3 Å². The molecule has 126 valence electrons. The van der Waals surface area contributed by atoms with Crippen LogP contribution < -0.4 is 4.74 Å². The summed E-state index contributed by atoms with van der Waals surface area (Å²) >= 11 is 3.47. The average molecular weight is 396 g/mol. The Bertz CT molecular complexity index is 861. The van der Waals surface area contributed by atoms with Gasteiger partial charge in [-0.25, -0.2) is 0 Å². The Morgan fingerprint density at radius 3 is 2.40 bits per heavy atom. The van der Waals surface area contributed by atoms with Gasteiger partial charge in [0.1, 0.15) is 11.9 Å². The van der Waals surface area contributed by atoms with Crippen molar-refractivity contribution in [1.29, 1.82) is 0 Å². The molecule has 25 heavy (non-hydrogen) atoms. The van der Waals surface area contributed by atoms with Crippen LogP contribution in [0.1, 0.15) is 22.8 Å². The van der Waals surface area contributed by atoms with Gasteiger partial charge in [0.2, 0.25) is 0 Å². The second kappa shape index (κ2) is 8.10. The van der Waals surface area contributed by atoms with Crippen LogP contribution in [0.5, 0.6) is 5.75 Å². The molecular formula is C21H18BrNO2. The van der Waals surface area contributed by atoms with Crippen molar-refractivity contribution in [3.8, 4) is 5.75 Å². The van der Waals surface area contributed by atoms with E-state index in [-0.39, 0.29) is 0 Å². The van der Waals surface area contributed by atoms with E-state index in [2.05, 4.69) is 20.9 Å². The first-order valence-corrected chi connectivity index (χ1v) is 8.67. The summed E-state index contributed by atoms with van der Waals surface area (Å²) in [4.78, 5) is 4.57. The molecule has 0 fully saturated rings. The van der Waals surface area contributed by atoms with Crippen molar-refractivity contribution in [2.75, 3.05) is 7.11 Å². The molecule has 0 amide bonds. The second-order valence-corrected chi connectivity index (χ2v) is 6.46. The van der Waals surface area contributed by atoms with E-state index in [1.54, 1.807) is 13.3 Å². The summed E-state index contributed by atoms with van der Waals surface area (Å²) in [6.07, 6.45) is 1.05. The molecule has 0 aromatic heterocycles. The van der Waals surface area contributed by atoms with Crippen LogP contribution in [-0.2, 0) is 0 Å². The number of aliphatic hydroxyl groups excluding tert-OH is 1. The summed E-state index contributed by atoms with van der Waals surface area (Å²) in [6, 6.07) is 22.9. The monoisotopic (exact) mass is 395 g/mol. The Labute approximate surface area is 155 Å². The number of hydrogen-bond donors (Lipinski definition) is 1. The van der Waals surface area contributed by atoms with Crippen molar-refractivity contribution in [2.45, 2.75) is 6.10 Å². The first-order chi connectivity index (χ1) is 12.2. The number of aliphatic imine (C=N–C) groups is 1. The lowest BCUT2D eigenvalue weighted by atomic mass is 10.00. The minimum atomic E-state index is -0.735. The van der Waals surface area contributed by atoms with Crippen LogP contribution >= 0.6 is 15.9 Å². The predicted molar refractivity (Wildman–Crippen MR) is 105 cm³/mol. The molecule has 0 radical (unpaired) electrons. The van der Waals surface area contributed by atoms with Gasteiger partial charge in [0.05, 0.1) is 12.8 Å². The van der Waals surface area contributed by atoms with Crippen molar-refractivity contribution in [3.05, 3.63) is 94.0 Å². The third-order valence-electron chi connectivity index (χ3n) is 3.87. The Hall–Kier alpha value is -2.43. The third-order valence-corrected chi connectivity index (χ3v) is 4.36. The highest BCUT2D eigenvalue weighted by molar-refractivity contribution is 9.10. The summed E-state index contributed by atoms with van der Waals surface area (Å²) < 4.78 is 6.07. The van der Waals surface area contributed by atoms with E-state index in [4.69, 9.17) is 4.74 Å². The van der Waals surface area contributed by atoms with E-state index in [1.807, 2.05) is 72.8 Å². The minimum Gasteiger partial charge on any atom is -0.497 e. The molecule has 0 unspecified atom stereocenters. The van der Waals surface area contributed by atoms with Crippen LogP contribution in [-0.4, -0.2) is 18.4 Å². The van der Waals surface area contributed by atoms with Gasteiger partial charge < -0.3 is 9.84 Å². The van der Waals surface area contributed by atoms with Crippen molar-refractivity contribution < 1.29 is 9.84 Å². The molecule has 0 aliphatic heterocycles. The summed E-state index contributed by atoms with van der Waals surface area (Å²) in [5, 5.41) is 10.8. The highest BCUT2D eigenvalue weighted by Gasteiger charge is 2.14. The molecule has 0 aliphatic carbocycles. The molecule has 0 saturated heterocycles.